The van der Waals surface area contributed by atoms with Gasteiger partial charge in [-0.3, -0.25) is 14.7 Å². The summed E-state index contributed by atoms with van der Waals surface area (Å²) in [6.45, 7) is 7.86. The Morgan fingerprint density at radius 3 is 2.59 bits per heavy atom. The number of likely N-dealkylation sites (N-methyl/N-ethyl adjacent to an activating group) is 1. The number of hydrogen-bond acceptors (Lipinski definition) is 4. The maximum absolute atomic E-state index is 12.5. The molecule has 0 aliphatic carbocycles. The molecule has 2 aromatic carbocycles. The molecule has 4 nitrogen and oxygen atoms in total. The Bertz CT molecular complexity index is 872. The molecule has 5 heteroatoms. The van der Waals surface area contributed by atoms with Crippen LogP contribution in [-0.4, -0.2) is 29.1 Å². The first kappa shape index (κ1) is 19.2. The Morgan fingerprint density at radius 1 is 1.15 bits per heavy atom. The molecular formula is C22H24N2O2S. The first-order valence-electron chi connectivity index (χ1n) is 9.15. The van der Waals surface area contributed by atoms with Crippen LogP contribution in [0.25, 0.3) is 6.08 Å². The molecule has 1 amide bonds. The highest BCUT2D eigenvalue weighted by atomic mass is 32.2. The van der Waals surface area contributed by atoms with E-state index in [2.05, 4.69) is 30.1 Å². The van der Waals surface area contributed by atoms with Crippen LogP contribution in [-0.2, 0) is 11.4 Å². The Kier molecular flexibility index (Phi) is 6.35. The molecule has 0 aromatic heterocycles. The molecule has 1 aliphatic rings. The van der Waals surface area contributed by atoms with Gasteiger partial charge in [-0.15, -0.1) is 0 Å². The van der Waals surface area contributed by atoms with Crippen molar-refractivity contribution in [2.24, 2.45) is 4.99 Å². The molecule has 0 spiro atoms. The number of aliphatic imine (C=N–C) groups is 1. The first-order valence-corrected chi connectivity index (χ1v) is 9.96. The molecular weight excluding hydrogens is 356 g/mol. The third-order valence-corrected chi connectivity index (χ3v) is 5.21. The van der Waals surface area contributed by atoms with Gasteiger partial charge in [-0.1, -0.05) is 42.0 Å². The van der Waals surface area contributed by atoms with Gasteiger partial charge in [0.05, 0.1) is 4.91 Å². The molecule has 3 rings (SSSR count). The first-order chi connectivity index (χ1) is 13.1. The number of amidine groups is 1. The number of aryl methyl sites for hydroxylation is 1. The van der Waals surface area contributed by atoms with E-state index in [4.69, 9.17) is 4.74 Å². The van der Waals surface area contributed by atoms with Crippen molar-refractivity contribution in [3.05, 3.63) is 70.1 Å². The maximum Gasteiger partial charge on any atom is 0.266 e. The highest BCUT2D eigenvalue weighted by Crippen LogP contribution is 2.32. The van der Waals surface area contributed by atoms with E-state index in [0.717, 1.165) is 22.0 Å². The summed E-state index contributed by atoms with van der Waals surface area (Å²) in [7, 11) is 0. The van der Waals surface area contributed by atoms with Gasteiger partial charge < -0.3 is 4.74 Å². The van der Waals surface area contributed by atoms with Gasteiger partial charge in [-0.25, -0.2) is 0 Å². The van der Waals surface area contributed by atoms with Crippen LogP contribution in [0.15, 0.2) is 58.4 Å². The number of nitrogens with zero attached hydrogens (tertiary/aromatic N) is 2. The second-order valence-corrected chi connectivity index (χ2v) is 7.27. The Morgan fingerprint density at radius 2 is 1.93 bits per heavy atom. The molecule has 0 atom stereocenters. The zero-order chi connectivity index (χ0) is 19.2. The van der Waals surface area contributed by atoms with Crippen LogP contribution in [0.2, 0.25) is 0 Å². The lowest BCUT2D eigenvalue weighted by atomic mass is 10.1. The van der Waals surface area contributed by atoms with E-state index in [9.17, 15) is 4.79 Å². The van der Waals surface area contributed by atoms with E-state index < -0.39 is 0 Å². The number of hydrogen-bond donors (Lipinski definition) is 0. The lowest BCUT2D eigenvalue weighted by Gasteiger charge is -2.11. The average Bonchev–Trinajstić information content (AvgIpc) is 2.96. The second kappa shape index (κ2) is 8.91. The van der Waals surface area contributed by atoms with E-state index in [0.29, 0.717) is 24.6 Å². The summed E-state index contributed by atoms with van der Waals surface area (Å²) in [6.07, 6.45) is 1.91. The van der Waals surface area contributed by atoms with Crippen molar-refractivity contribution in [3.8, 4) is 5.75 Å². The fourth-order valence-electron chi connectivity index (χ4n) is 2.82. The highest BCUT2D eigenvalue weighted by molar-refractivity contribution is 8.18. The summed E-state index contributed by atoms with van der Waals surface area (Å²) in [5.41, 5.74) is 3.35. The number of carbonyl (C=O) groups excluding carboxylic acids is 1. The summed E-state index contributed by atoms with van der Waals surface area (Å²) >= 11 is 1.44. The van der Waals surface area contributed by atoms with Crippen molar-refractivity contribution in [2.75, 3.05) is 13.1 Å². The summed E-state index contributed by atoms with van der Waals surface area (Å²) < 4.78 is 5.86. The minimum atomic E-state index is 0.0227. The minimum absolute atomic E-state index is 0.0227. The smallest absolute Gasteiger partial charge is 0.266 e. The number of ether oxygens (including phenoxy) is 1. The molecule has 0 N–H and O–H groups in total. The fraction of sp³-hybridized carbons (Fsp3) is 0.273. The van der Waals surface area contributed by atoms with Gasteiger partial charge >= 0.3 is 0 Å². The largest absolute Gasteiger partial charge is 0.489 e. The Labute approximate surface area is 164 Å². The van der Waals surface area contributed by atoms with E-state index in [1.54, 1.807) is 4.90 Å². The third kappa shape index (κ3) is 4.80. The van der Waals surface area contributed by atoms with Crippen LogP contribution in [0.4, 0.5) is 0 Å². The minimum Gasteiger partial charge on any atom is -0.489 e. The van der Waals surface area contributed by atoms with Crippen molar-refractivity contribution in [3.63, 3.8) is 0 Å². The SMILES string of the molecule is CCN=C1S/C(=C/c2ccc(OCc3cccc(C)c3)cc2)C(=O)N1CC. The number of carbonyl (C=O) groups is 1. The molecule has 0 bridgehead atoms. The molecule has 0 saturated carbocycles. The van der Waals surface area contributed by atoms with Crippen molar-refractivity contribution in [1.82, 2.24) is 4.90 Å². The van der Waals surface area contributed by atoms with Crippen molar-refractivity contribution < 1.29 is 9.53 Å². The van der Waals surface area contributed by atoms with Crippen molar-refractivity contribution >= 4 is 28.9 Å². The number of thioether (sulfide) groups is 1. The Hall–Kier alpha value is -2.53. The summed E-state index contributed by atoms with van der Waals surface area (Å²) in [5, 5.41) is 0.786. The lowest BCUT2D eigenvalue weighted by Crippen LogP contribution is -2.28. The van der Waals surface area contributed by atoms with Crippen LogP contribution < -0.4 is 4.74 Å². The fourth-order valence-corrected chi connectivity index (χ4v) is 3.93. The van der Waals surface area contributed by atoms with E-state index in [-0.39, 0.29) is 5.91 Å². The second-order valence-electron chi connectivity index (χ2n) is 6.26. The number of amides is 1. The normalized spacial score (nSPS) is 17.1. The van der Waals surface area contributed by atoms with Gasteiger partial charge in [0.25, 0.3) is 5.91 Å². The van der Waals surface area contributed by atoms with Gasteiger partial charge in [0.15, 0.2) is 5.17 Å². The third-order valence-electron chi connectivity index (χ3n) is 4.16. The van der Waals surface area contributed by atoms with Crippen LogP contribution in [0.3, 0.4) is 0 Å². The topological polar surface area (TPSA) is 41.9 Å². The molecule has 0 radical (unpaired) electrons. The zero-order valence-electron chi connectivity index (χ0n) is 15.9. The molecule has 2 aromatic rings. The molecule has 1 saturated heterocycles. The van der Waals surface area contributed by atoms with Crippen molar-refractivity contribution in [1.29, 1.82) is 0 Å². The highest BCUT2D eigenvalue weighted by Gasteiger charge is 2.31. The van der Waals surface area contributed by atoms with E-state index in [1.807, 2.05) is 50.3 Å². The molecule has 140 valence electrons. The predicted octanol–water partition coefficient (Wildman–Crippen LogP) is 4.89. The molecule has 1 heterocycles. The average molecular weight is 381 g/mol. The lowest BCUT2D eigenvalue weighted by molar-refractivity contribution is -0.122. The van der Waals surface area contributed by atoms with Crippen LogP contribution >= 0.6 is 11.8 Å². The zero-order valence-corrected chi connectivity index (χ0v) is 16.8. The summed E-state index contributed by atoms with van der Waals surface area (Å²) in [4.78, 5) is 19.4. The standard InChI is InChI=1S/C22H24N2O2S/c1-4-23-22-24(5-2)21(25)20(27-22)14-17-9-11-19(12-10-17)26-15-18-8-6-7-16(3)13-18/h6-14H,4-5,15H2,1-3H3/b20-14+,23-22?. The Balaban J connectivity index is 1.67. The van der Waals surface area contributed by atoms with Crippen LogP contribution in [0.1, 0.15) is 30.5 Å². The number of rotatable bonds is 6. The summed E-state index contributed by atoms with van der Waals surface area (Å²) in [5.74, 6) is 0.835. The monoisotopic (exact) mass is 380 g/mol. The van der Waals surface area contributed by atoms with E-state index in [1.165, 1.54) is 17.3 Å². The maximum atomic E-state index is 12.5. The van der Waals surface area contributed by atoms with E-state index >= 15 is 0 Å². The predicted molar refractivity (Wildman–Crippen MR) is 113 cm³/mol. The summed E-state index contributed by atoms with van der Waals surface area (Å²) in [6, 6.07) is 16.1. The molecule has 27 heavy (non-hydrogen) atoms. The van der Waals surface area contributed by atoms with Gasteiger partial charge in [-0.2, -0.15) is 0 Å². The molecule has 0 unspecified atom stereocenters. The van der Waals surface area contributed by atoms with Gasteiger partial charge in [-0.05, 0) is 61.9 Å². The van der Waals surface area contributed by atoms with Gasteiger partial charge in [0.2, 0.25) is 0 Å². The van der Waals surface area contributed by atoms with Crippen molar-refractivity contribution in [2.45, 2.75) is 27.4 Å². The number of benzene rings is 2. The van der Waals surface area contributed by atoms with Crippen LogP contribution in [0, 0.1) is 6.92 Å². The molecule has 1 fully saturated rings. The van der Waals surface area contributed by atoms with Gasteiger partial charge in [0, 0.05) is 13.1 Å². The van der Waals surface area contributed by atoms with Gasteiger partial charge in [0.1, 0.15) is 12.4 Å². The molecule has 1 aliphatic heterocycles. The quantitative estimate of drug-likeness (QED) is 0.670. The van der Waals surface area contributed by atoms with Crippen LogP contribution in [0.5, 0.6) is 5.75 Å².